The van der Waals surface area contributed by atoms with E-state index in [-0.39, 0.29) is 12.0 Å². The van der Waals surface area contributed by atoms with Crippen LogP contribution in [0.4, 0.5) is 0 Å². The smallest absolute Gasteiger partial charge is 0.240 e. The van der Waals surface area contributed by atoms with Crippen LogP contribution >= 0.6 is 0 Å². The van der Waals surface area contributed by atoms with Crippen LogP contribution in [0, 0.1) is 22.7 Å². The lowest BCUT2D eigenvalue weighted by Gasteiger charge is -2.39. The van der Waals surface area contributed by atoms with Crippen LogP contribution in [0.15, 0.2) is 0 Å². The van der Waals surface area contributed by atoms with Crippen LogP contribution in [-0.4, -0.2) is 25.2 Å². The molecule has 17 heavy (non-hydrogen) atoms. The molecule has 1 aliphatic carbocycles. The van der Waals surface area contributed by atoms with Gasteiger partial charge in [0, 0.05) is 13.2 Å². The van der Waals surface area contributed by atoms with Crippen molar-refractivity contribution in [3.8, 4) is 6.07 Å². The number of nitrogens with zero attached hydrogens (tertiary/aromatic N) is 1. The van der Waals surface area contributed by atoms with Gasteiger partial charge in [0.2, 0.25) is 5.91 Å². The third-order valence-corrected chi connectivity index (χ3v) is 3.81. The van der Waals surface area contributed by atoms with Crippen molar-refractivity contribution in [2.75, 3.05) is 13.2 Å². The van der Waals surface area contributed by atoms with Gasteiger partial charge in [-0.3, -0.25) is 4.79 Å². The van der Waals surface area contributed by atoms with Gasteiger partial charge in [-0.1, -0.05) is 6.92 Å². The van der Waals surface area contributed by atoms with E-state index >= 15 is 0 Å². The standard InChI is InChI=1S/C13H20N2O2/c1-10-6-13(7-10,9-14)12(16)15-8-11-4-2-3-5-17-11/h10-11H,2-8H2,1H3,(H,15,16). The first-order valence-corrected chi connectivity index (χ1v) is 6.47. The quantitative estimate of drug-likeness (QED) is 0.809. The molecule has 1 heterocycles. The normalized spacial score (nSPS) is 36.7. The highest BCUT2D eigenvalue weighted by Crippen LogP contribution is 2.45. The van der Waals surface area contributed by atoms with E-state index in [2.05, 4.69) is 18.3 Å². The van der Waals surface area contributed by atoms with Gasteiger partial charge in [-0.15, -0.1) is 0 Å². The van der Waals surface area contributed by atoms with E-state index in [1.807, 2.05) is 0 Å². The monoisotopic (exact) mass is 236 g/mol. The van der Waals surface area contributed by atoms with Crippen molar-refractivity contribution in [1.29, 1.82) is 5.26 Å². The van der Waals surface area contributed by atoms with Crippen molar-refractivity contribution < 1.29 is 9.53 Å². The molecule has 1 amide bonds. The maximum atomic E-state index is 12.0. The van der Waals surface area contributed by atoms with Crippen LogP contribution in [0.2, 0.25) is 0 Å². The minimum absolute atomic E-state index is 0.104. The molecule has 4 heteroatoms. The maximum absolute atomic E-state index is 12.0. The summed E-state index contributed by atoms with van der Waals surface area (Å²) >= 11 is 0. The lowest BCUT2D eigenvalue weighted by Crippen LogP contribution is -2.50. The van der Waals surface area contributed by atoms with E-state index in [4.69, 9.17) is 10.00 Å². The summed E-state index contributed by atoms with van der Waals surface area (Å²) in [4.78, 5) is 12.0. The summed E-state index contributed by atoms with van der Waals surface area (Å²) < 4.78 is 5.55. The van der Waals surface area contributed by atoms with Gasteiger partial charge < -0.3 is 10.1 Å². The Hall–Kier alpha value is -1.08. The Labute approximate surface area is 102 Å². The second-order valence-electron chi connectivity index (χ2n) is 5.41. The summed E-state index contributed by atoms with van der Waals surface area (Å²) in [6, 6.07) is 2.18. The number of carbonyl (C=O) groups excluding carboxylic acids is 1. The minimum atomic E-state index is -0.756. The van der Waals surface area contributed by atoms with E-state index in [0.717, 1.165) is 19.4 Å². The lowest BCUT2D eigenvalue weighted by atomic mass is 9.63. The minimum Gasteiger partial charge on any atom is -0.376 e. The van der Waals surface area contributed by atoms with E-state index < -0.39 is 5.41 Å². The van der Waals surface area contributed by atoms with Gasteiger partial charge in [-0.05, 0) is 38.0 Å². The molecule has 0 radical (unpaired) electrons. The molecule has 1 N–H and O–H groups in total. The zero-order valence-electron chi connectivity index (χ0n) is 10.4. The highest BCUT2D eigenvalue weighted by atomic mass is 16.5. The zero-order valence-corrected chi connectivity index (χ0v) is 10.4. The molecular weight excluding hydrogens is 216 g/mol. The summed E-state index contributed by atoms with van der Waals surface area (Å²) in [6.07, 6.45) is 4.82. The molecule has 0 spiro atoms. The van der Waals surface area contributed by atoms with Crippen LogP contribution in [-0.2, 0) is 9.53 Å². The average molecular weight is 236 g/mol. The van der Waals surface area contributed by atoms with Crippen LogP contribution < -0.4 is 5.32 Å². The second kappa shape index (κ2) is 5.05. The van der Waals surface area contributed by atoms with Crippen LogP contribution in [0.25, 0.3) is 0 Å². The number of nitriles is 1. The highest BCUT2D eigenvalue weighted by Gasteiger charge is 2.48. The molecule has 2 fully saturated rings. The number of ether oxygens (including phenoxy) is 1. The van der Waals surface area contributed by atoms with Gasteiger partial charge in [0.05, 0.1) is 12.2 Å². The van der Waals surface area contributed by atoms with Gasteiger partial charge in [0.15, 0.2) is 0 Å². The number of nitrogens with one attached hydrogen (secondary N) is 1. The van der Waals surface area contributed by atoms with Gasteiger partial charge in [0.1, 0.15) is 5.41 Å². The first kappa shape index (κ1) is 12.4. The predicted molar refractivity (Wildman–Crippen MR) is 63.0 cm³/mol. The molecule has 2 aliphatic rings. The van der Waals surface area contributed by atoms with Crippen LogP contribution in [0.5, 0.6) is 0 Å². The molecule has 1 saturated carbocycles. The van der Waals surface area contributed by atoms with Crippen molar-refractivity contribution in [2.45, 2.75) is 45.1 Å². The maximum Gasteiger partial charge on any atom is 0.240 e. The fourth-order valence-electron chi connectivity index (χ4n) is 2.80. The first-order valence-electron chi connectivity index (χ1n) is 6.47. The Balaban J connectivity index is 1.79. The third kappa shape index (κ3) is 2.61. The summed E-state index contributed by atoms with van der Waals surface area (Å²) in [6.45, 7) is 3.42. The zero-order chi connectivity index (χ0) is 12.3. The Morgan fingerprint density at radius 1 is 1.53 bits per heavy atom. The number of hydrogen-bond donors (Lipinski definition) is 1. The van der Waals surface area contributed by atoms with Crippen molar-refractivity contribution in [2.24, 2.45) is 11.3 Å². The van der Waals surface area contributed by atoms with Gasteiger partial charge in [-0.2, -0.15) is 5.26 Å². The fourth-order valence-corrected chi connectivity index (χ4v) is 2.80. The molecule has 1 aliphatic heterocycles. The van der Waals surface area contributed by atoms with E-state index in [1.165, 1.54) is 6.42 Å². The van der Waals surface area contributed by atoms with Crippen molar-refractivity contribution in [3.05, 3.63) is 0 Å². The predicted octanol–water partition coefficient (Wildman–Crippen LogP) is 1.61. The molecule has 4 nitrogen and oxygen atoms in total. The summed E-state index contributed by atoms with van der Waals surface area (Å²) in [5.41, 5.74) is -0.756. The number of rotatable bonds is 3. The third-order valence-electron chi connectivity index (χ3n) is 3.81. The largest absolute Gasteiger partial charge is 0.376 e. The molecular formula is C13H20N2O2. The Kier molecular flexibility index (Phi) is 3.68. The van der Waals surface area contributed by atoms with Gasteiger partial charge in [-0.25, -0.2) is 0 Å². The van der Waals surface area contributed by atoms with E-state index in [9.17, 15) is 4.79 Å². The molecule has 0 aromatic rings. The summed E-state index contributed by atoms with van der Waals surface area (Å²) in [5, 5.41) is 12.0. The molecule has 0 aromatic carbocycles. The second-order valence-corrected chi connectivity index (χ2v) is 5.41. The van der Waals surface area contributed by atoms with Crippen molar-refractivity contribution in [3.63, 3.8) is 0 Å². The van der Waals surface area contributed by atoms with Gasteiger partial charge in [0.25, 0.3) is 0 Å². The Bertz CT molecular complexity index is 323. The van der Waals surface area contributed by atoms with Crippen molar-refractivity contribution in [1.82, 2.24) is 5.32 Å². The lowest BCUT2D eigenvalue weighted by molar-refractivity contribution is -0.134. The number of amides is 1. The molecule has 1 saturated heterocycles. The molecule has 0 aromatic heterocycles. The molecule has 2 rings (SSSR count). The molecule has 1 unspecified atom stereocenters. The highest BCUT2D eigenvalue weighted by molar-refractivity contribution is 5.86. The topological polar surface area (TPSA) is 62.1 Å². The fraction of sp³-hybridized carbons (Fsp3) is 0.846. The Morgan fingerprint density at radius 3 is 2.82 bits per heavy atom. The molecule has 0 bridgehead atoms. The van der Waals surface area contributed by atoms with Crippen LogP contribution in [0.1, 0.15) is 39.0 Å². The molecule has 94 valence electrons. The van der Waals surface area contributed by atoms with Crippen molar-refractivity contribution >= 4 is 5.91 Å². The first-order chi connectivity index (χ1) is 8.16. The van der Waals surface area contributed by atoms with Crippen LogP contribution in [0.3, 0.4) is 0 Å². The van der Waals surface area contributed by atoms with Gasteiger partial charge >= 0.3 is 0 Å². The summed E-state index contributed by atoms with van der Waals surface area (Å²) in [7, 11) is 0. The summed E-state index contributed by atoms with van der Waals surface area (Å²) in [5.74, 6) is 0.388. The SMILES string of the molecule is CC1CC(C#N)(C(=O)NCC2CCCCO2)C1. The van der Waals surface area contributed by atoms with E-state index in [0.29, 0.717) is 25.3 Å². The average Bonchev–Trinajstić information content (AvgIpc) is 2.33. The van der Waals surface area contributed by atoms with E-state index in [1.54, 1.807) is 0 Å². The Morgan fingerprint density at radius 2 is 2.29 bits per heavy atom. The molecule has 1 atom stereocenters. The number of hydrogen-bond acceptors (Lipinski definition) is 3. The number of carbonyl (C=O) groups is 1.